The summed E-state index contributed by atoms with van der Waals surface area (Å²) in [5.74, 6) is 1.21. The summed E-state index contributed by atoms with van der Waals surface area (Å²) in [6, 6.07) is 6.90. The van der Waals surface area contributed by atoms with E-state index in [0.717, 1.165) is 5.75 Å². The fourth-order valence-electron chi connectivity index (χ4n) is 3.37. The molecule has 0 saturated heterocycles. The van der Waals surface area contributed by atoms with Gasteiger partial charge in [-0.05, 0) is 45.0 Å². The minimum Gasteiger partial charge on any atom is -0.497 e. The minimum atomic E-state index is -0.277. The first-order chi connectivity index (χ1) is 13.8. The lowest BCUT2D eigenvalue weighted by molar-refractivity contribution is -0.116. The Balaban J connectivity index is 1.58. The first-order valence-corrected chi connectivity index (χ1v) is 10.3. The summed E-state index contributed by atoms with van der Waals surface area (Å²) in [6.45, 7) is 6.06. The van der Waals surface area contributed by atoms with Crippen molar-refractivity contribution in [2.24, 2.45) is 0 Å². The van der Waals surface area contributed by atoms with Crippen LogP contribution in [0, 0.1) is 0 Å². The molecule has 29 heavy (non-hydrogen) atoms. The van der Waals surface area contributed by atoms with Crippen LogP contribution in [0.1, 0.15) is 33.2 Å². The van der Waals surface area contributed by atoms with Crippen molar-refractivity contribution in [3.05, 3.63) is 40.8 Å². The lowest BCUT2D eigenvalue weighted by Crippen LogP contribution is -2.29. The summed E-state index contributed by atoms with van der Waals surface area (Å²) in [7, 11) is 1.59. The Labute approximate surface area is 172 Å². The monoisotopic (exact) mass is 413 g/mol. The Morgan fingerprint density at radius 2 is 2.03 bits per heavy atom. The number of nitrogens with one attached hydrogen (secondary N) is 1. The van der Waals surface area contributed by atoms with Crippen LogP contribution in [0.4, 0.5) is 5.69 Å². The number of hydrogen-bond acceptors (Lipinski definition) is 6. The molecule has 4 rings (SSSR count). The van der Waals surface area contributed by atoms with Gasteiger partial charge in [-0.2, -0.15) is 5.10 Å². The third-order valence-electron chi connectivity index (χ3n) is 4.80. The molecule has 1 aliphatic heterocycles. The molecule has 3 heterocycles. The van der Waals surface area contributed by atoms with Crippen LogP contribution >= 0.6 is 11.8 Å². The summed E-state index contributed by atoms with van der Waals surface area (Å²) >= 11 is 1.50. The zero-order valence-electron chi connectivity index (χ0n) is 16.8. The number of nitrogens with zero attached hydrogens (tertiary/aromatic N) is 4. The molecule has 8 nitrogen and oxygen atoms in total. The lowest BCUT2D eigenvalue weighted by atomic mass is 10.1. The molecule has 2 aromatic heterocycles. The highest BCUT2D eigenvalue weighted by Gasteiger charge is 2.30. The predicted molar refractivity (Wildman–Crippen MR) is 113 cm³/mol. The van der Waals surface area contributed by atoms with Gasteiger partial charge in [-0.25, -0.2) is 9.67 Å². The first-order valence-electron chi connectivity index (χ1n) is 9.35. The van der Waals surface area contributed by atoms with E-state index in [2.05, 4.69) is 15.4 Å². The number of anilines is 1. The predicted octanol–water partition coefficient (Wildman–Crippen LogP) is 3.03. The number of rotatable bonds is 4. The fourth-order valence-corrected chi connectivity index (χ4v) is 4.50. The number of hydrogen-bond donors (Lipinski definition) is 1. The number of amides is 1. The smallest absolute Gasteiger partial charge is 0.265 e. The number of thioether (sulfide) groups is 1. The standard InChI is InChI=1S/C20H23N5O3S/c1-20(2,3)25-17-15(10-21-25)18(27)24-13(11-29-19(24)23-17)9-16(26)22-12-5-7-14(28-4)8-6-12/h5-8,10,13H,9,11H2,1-4H3,(H,22,26). The maximum Gasteiger partial charge on any atom is 0.265 e. The van der Waals surface area contributed by atoms with Crippen molar-refractivity contribution < 1.29 is 9.53 Å². The summed E-state index contributed by atoms with van der Waals surface area (Å²) in [5.41, 5.74) is 0.854. The molecule has 1 N–H and O–H groups in total. The highest BCUT2D eigenvalue weighted by Crippen LogP contribution is 2.34. The van der Waals surface area contributed by atoms with Crippen molar-refractivity contribution >= 4 is 34.4 Å². The quantitative estimate of drug-likeness (QED) is 0.661. The van der Waals surface area contributed by atoms with Crippen molar-refractivity contribution in [3.8, 4) is 5.75 Å². The molecular formula is C20H23N5O3S. The van der Waals surface area contributed by atoms with Crippen LogP contribution in [0.15, 0.2) is 40.4 Å². The van der Waals surface area contributed by atoms with Gasteiger partial charge in [-0.3, -0.25) is 14.2 Å². The zero-order valence-corrected chi connectivity index (χ0v) is 17.6. The molecule has 152 valence electrons. The Kier molecular flexibility index (Phi) is 4.85. The van der Waals surface area contributed by atoms with Gasteiger partial charge in [0.15, 0.2) is 10.8 Å². The normalized spacial score (nSPS) is 16.1. The molecular weight excluding hydrogens is 390 g/mol. The second-order valence-electron chi connectivity index (χ2n) is 7.98. The van der Waals surface area contributed by atoms with Crippen molar-refractivity contribution in [3.63, 3.8) is 0 Å². The van der Waals surface area contributed by atoms with E-state index in [1.165, 1.54) is 11.8 Å². The number of fused-ring (bicyclic) bond motifs is 2. The Bertz CT molecular complexity index is 1130. The van der Waals surface area contributed by atoms with Gasteiger partial charge in [0.05, 0.1) is 24.9 Å². The maximum absolute atomic E-state index is 13.1. The Morgan fingerprint density at radius 3 is 2.69 bits per heavy atom. The molecule has 3 aromatic rings. The van der Waals surface area contributed by atoms with Crippen LogP contribution in [0.2, 0.25) is 0 Å². The number of aromatic nitrogens is 4. The van der Waals surface area contributed by atoms with Gasteiger partial charge >= 0.3 is 0 Å². The minimum absolute atomic E-state index is 0.146. The van der Waals surface area contributed by atoms with Gasteiger partial charge in [-0.1, -0.05) is 11.8 Å². The highest BCUT2D eigenvalue weighted by atomic mass is 32.2. The lowest BCUT2D eigenvalue weighted by Gasteiger charge is -2.20. The molecule has 0 aliphatic carbocycles. The topological polar surface area (TPSA) is 91.0 Å². The molecule has 1 atom stereocenters. The molecule has 1 unspecified atom stereocenters. The average Bonchev–Trinajstić information content (AvgIpc) is 3.27. The van der Waals surface area contributed by atoms with Crippen molar-refractivity contribution in [1.82, 2.24) is 19.3 Å². The Morgan fingerprint density at radius 1 is 1.31 bits per heavy atom. The third-order valence-corrected chi connectivity index (χ3v) is 5.90. The van der Waals surface area contributed by atoms with Crippen molar-refractivity contribution in [2.45, 2.75) is 43.9 Å². The molecule has 0 radical (unpaired) electrons. The number of benzene rings is 1. The van der Waals surface area contributed by atoms with E-state index in [1.54, 1.807) is 46.8 Å². The molecule has 1 amide bonds. The summed E-state index contributed by atoms with van der Waals surface area (Å²) in [4.78, 5) is 30.3. The van der Waals surface area contributed by atoms with Crippen molar-refractivity contribution in [1.29, 1.82) is 0 Å². The maximum atomic E-state index is 13.1. The molecule has 0 saturated carbocycles. The van der Waals surface area contributed by atoms with Gasteiger partial charge in [0.25, 0.3) is 5.56 Å². The van der Waals surface area contributed by atoms with Crippen LogP contribution in [0.3, 0.4) is 0 Å². The third kappa shape index (κ3) is 3.62. The number of methoxy groups -OCH3 is 1. The molecule has 0 fully saturated rings. The molecule has 1 aromatic carbocycles. The van der Waals surface area contributed by atoms with Crippen LogP contribution < -0.4 is 15.6 Å². The van der Waals surface area contributed by atoms with E-state index in [9.17, 15) is 9.59 Å². The van der Waals surface area contributed by atoms with E-state index in [1.807, 2.05) is 20.8 Å². The van der Waals surface area contributed by atoms with Gasteiger partial charge in [0, 0.05) is 17.9 Å². The van der Waals surface area contributed by atoms with Crippen LogP contribution in [0.5, 0.6) is 5.75 Å². The van der Waals surface area contributed by atoms with Gasteiger partial charge in [0.2, 0.25) is 5.91 Å². The largest absolute Gasteiger partial charge is 0.497 e. The van der Waals surface area contributed by atoms with E-state index in [-0.39, 0.29) is 29.5 Å². The number of carbonyl (C=O) groups is 1. The second-order valence-corrected chi connectivity index (χ2v) is 8.97. The number of carbonyl (C=O) groups excluding carboxylic acids is 1. The Hall–Kier alpha value is -2.81. The fraction of sp³-hybridized carbons (Fsp3) is 0.400. The summed E-state index contributed by atoms with van der Waals surface area (Å²) < 4.78 is 8.53. The number of ether oxygens (including phenoxy) is 1. The molecule has 1 aliphatic rings. The van der Waals surface area contributed by atoms with Crippen LogP contribution in [-0.4, -0.2) is 38.1 Å². The summed E-state index contributed by atoms with van der Waals surface area (Å²) in [6.07, 6.45) is 1.77. The highest BCUT2D eigenvalue weighted by molar-refractivity contribution is 7.99. The average molecular weight is 414 g/mol. The molecule has 0 bridgehead atoms. The van der Waals surface area contributed by atoms with Crippen LogP contribution in [-0.2, 0) is 10.3 Å². The second kappa shape index (κ2) is 7.22. The van der Waals surface area contributed by atoms with Gasteiger partial charge in [0.1, 0.15) is 11.1 Å². The van der Waals surface area contributed by atoms with Gasteiger partial charge in [-0.15, -0.1) is 0 Å². The first kappa shape index (κ1) is 19.5. The molecule has 0 spiro atoms. The SMILES string of the molecule is COc1ccc(NC(=O)CC2CSc3nc4c(cnn4C(C)(C)C)c(=O)n32)cc1. The van der Waals surface area contributed by atoms with Crippen LogP contribution in [0.25, 0.3) is 11.0 Å². The zero-order chi connectivity index (χ0) is 20.8. The van der Waals surface area contributed by atoms with E-state index in [4.69, 9.17) is 4.74 Å². The van der Waals surface area contributed by atoms with E-state index >= 15 is 0 Å². The molecule has 9 heteroatoms. The van der Waals surface area contributed by atoms with E-state index < -0.39 is 0 Å². The summed E-state index contributed by atoms with van der Waals surface area (Å²) in [5, 5.41) is 8.35. The van der Waals surface area contributed by atoms with E-state index in [0.29, 0.717) is 27.6 Å². The van der Waals surface area contributed by atoms with Gasteiger partial charge < -0.3 is 10.1 Å². The van der Waals surface area contributed by atoms with Crippen molar-refractivity contribution in [2.75, 3.05) is 18.2 Å².